The Morgan fingerprint density at radius 3 is 1.53 bits per heavy atom. The molecule has 0 fully saturated rings. The first kappa shape index (κ1) is 10.5. The lowest BCUT2D eigenvalue weighted by molar-refractivity contribution is 0.490. The average Bonchev–Trinajstić information content (AvgIpc) is 2.74. The Hall–Kier alpha value is -1.00. The average molecular weight is 240 g/mol. The molecule has 0 atom stereocenters. The molecule has 0 saturated carbocycles. The van der Waals surface area contributed by atoms with E-state index in [0.717, 1.165) is 9.75 Å². The Balaban J connectivity index is 2.42. The van der Waals surface area contributed by atoms with Gasteiger partial charge in [0.15, 0.2) is 10.1 Å². The van der Waals surface area contributed by atoms with E-state index in [-0.39, 0.29) is 5.41 Å². The number of thiophene rings is 2. The predicted molar refractivity (Wildman–Crippen MR) is 64.1 cm³/mol. The molecule has 4 heteroatoms. The Morgan fingerprint density at radius 2 is 1.27 bits per heavy atom. The molecule has 0 aliphatic rings. The molecule has 0 amide bonds. The second-order valence-electron chi connectivity index (χ2n) is 3.90. The number of rotatable bonds is 2. The van der Waals surface area contributed by atoms with Crippen molar-refractivity contribution in [2.75, 3.05) is 0 Å². The summed E-state index contributed by atoms with van der Waals surface area (Å²) in [6.45, 7) is 4.17. The van der Waals surface area contributed by atoms with Crippen LogP contribution in [0, 0.1) is 0 Å². The van der Waals surface area contributed by atoms with E-state index < -0.39 is 0 Å². The summed E-state index contributed by atoms with van der Waals surface area (Å²) in [6.07, 6.45) is 0. The molecule has 0 aliphatic heterocycles. The first-order valence-electron chi connectivity index (χ1n) is 4.59. The van der Waals surface area contributed by atoms with Crippen molar-refractivity contribution < 1.29 is 10.2 Å². The summed E-state index contributed by atoms with van der Waals surface area (Å²) in [4.78, 5) is 2.20. The van der Waals surface area contributed by atoms with Gasteiger partial charge in [0.05, 0.1) is 0 Å². The van der Waals surface area contributed by atoms with E-state index in [9.17, 15) is 10.2 Å². The van der Waals surface area contributed by atoms with Gasteiger partial charge in [-0.05, 0) is 24.3 Å². The highest BCUT2D eigenvalue weighted by molar-refractivity contribution is 7.15. The van der Waals surface area contributed by atoms with Gasteiger partial charge in [0.1, 0.15) is 0 Å². The van der Waals surface area contributed by atoms with Gasteiger partial charge >= 0.3 is 0 Å². The molecule has 0 aliphatic carbocycles. The van der Waals surface area contributed by atoms with Crippen LogP contribution in [0.1, 0.15) is 23.6 Å². The van der Waals surface area contributed by atoms with E-state index in [4.69, 9.17) is 0 Å². The van der Waals surface area contributed by atoms with Crippen molar-refractivity contribution in [2.45, 2.75) is 19.3 Å². The molecule has 2 N–H and O–H groups in total. The van der Waals surface area contributed by atoms with Crippen molar-refractivity contribution in [1.82, 2.24) is 0 Å². The van der Waals surface area contributed by atoms with Crippen molar-refractivity contribution in [3.63, 3.8) is 0 Å². The molecule has 2 aromatic heterocycles. The zero-order chi connectivity index (χ0) is 11.1. The molecule has 0 aromatic carbocycles. The van der Waals surface area contributed by atoms with Crippen molar-refractivity contribution in [1.29, 1.82) is 0 Å². The van der Waals surface area contributed by atoms with Crippen molar-refractivity contribution in [2.24, 2.45) is 0 Å². The van der Waals surface area contributed by atoms with Gasteiger partial charge in [-0.1, -0.05) is 13.8 Å². The predicted octanol–water partition coefficient (Wildman–Crippen LogP) is 3.55. The third kappa shape index (κ3) is 1.87. The Kier molecular flexibility index (Phi) is 2.48. The molecule has 0 radical (unpaired) electrons. The summed E-state index contributed by atoms with van der Waals surface area (Å²) in [5, 5.41) is 19.3. The molecule has 2 heterocycles. The topological polar surface area (TPSA) is 40.5 Å². The lowest BCUT2D eigenvalue weighted by Crippen LogP contribution is -2.14. The van der Waals surface area contributed by atoms with Gasteiger partial charge in [-0.25, -0.2) is 0 Å². The molecule has 15 heavy (non-hydrogen) atoms. The number of hydrogen-bond acceptors (Lipinski definition) is 4. The standard InChI is InChI=1S/C11H12O2S2/c1-11(2,7-3-5-9(12)14-7)8-4-6-10(13)15-8/h3-6,12-13H,1-2H3. The fourth-order valence-electron chi connectivity index (χ4n) is 1.45. The molecular formula is C11H12O2S2. The maximum absolute atomic E-state index is 9.34. The largest absolute Gasteiger partial charge is 0.499 e. The monoisotopic (exact) mass is 240 g/mol. The minimum absolute atomic E-state index is 0.155. The first-order valence-corrected chi connectivity index (χ1v) is 6.22. The molecule has 80 valence electrons. The summed E-state index contributed by atoms with van der Waals surface area (Å²) in [7, 11) is 0. The highest BCUT2D eigenvalue weighted by Crippen LogP contribution is 2.42. The van der Waals surface area contributed by atoms with E-state index in [1.165, 1.54) is 22.7 Å². The lowest BCUT2D eigenvalue weighted by Gasteiger charge is -2.21. The smallest absolute Gasteiger partial charge is 0.171 e. The lowest BCUT2D eigenvalue weighted by atomic mass is 9.90. The Labute approximate surface area is 96.5 Å². The van der Waals surface area contributed by atoms with Crippen LogP contribution in [-0.4, -0.2) is 10.2 Å². The van der Waals surface area contributed by atoms with Gasteiger partial charge in [0.2, 0.25) is 0 Å². The van der Waals surface area contributed by atoms with Gasteiger partial charge in [-0.2, -0.15) is 0 Å². The van der Waals surface area contributed by atoms with Gasteiger partial charge in [-0.15, -0.1) is 22.7 Å². The highest BCUT2D eigenvalue weighted by Gasteiger charge is 2.26. The Morgan fingerprint density at radius 1 is 0.867 bits per heavy atom. The van der Waals surface area contributed by atoms with Crippen LogP contribution in [0.15, 0.2) is 24.3 Å². The van der Waals surface area contributed by atoms with E-state index >= 15 is 0 Å². The van der Waals surface area contributed by atoms with Crippen LogP contribution in [-0.2, 0) is 5.41 Å². The van der Waals surface area contributed by atoms with Gasteiger partial charge in [-0.3, -0.25) is 0 Å². The van der Waals surface area contributed by atoms with E-state index in [0.29, 0.717) is 10.1 Å². The first-order chi connectivity index (χ1) is 7.00. The molecule has 2 rings (SSSR count). The maximum Gasteiger partial charge on any atom is 0.171 e. The van der Waals surface area contributed by atoms with E-state index in [2.05, 4.69) is 13.8 Å². The third-order valence-corrected chi connectivity index (χ3v) is 4.84. The quantitative estimate of drug-likeness (QED) is 0.842. The van der Waals surface area contributed by atoms with Crippen molar-refractivity contribution in [3.8, 4) is 10.1 Å². The molecule has 0 saturated heterocycles. The zero-order valence-corrected chi connectivity index (χ0v) is 10.2. The molecule has 2 nitrogen and oxygen atoms in total. The molecular weight excluding hydrogens is 228 g/mol. The van der Waals surface area contributed by atoms with Gasteiger partial charge in [0.25, 0.3) is 0 Å². The molecule has 2 aromatic rings. The number of hydrogen-bond donors (Lipinski definition) is 2. The minimum atomic E-state index is -0.155. The molecule has 0 unspecified atom stereocenters. The summed E-state index contributed by atoms with van der Waals surface area (Å²) >= 11 is 2.76. The third-order valence-electron chi connectivity index (χ3n) is 2.42. The van der Waals surface area contributed by atoms with Crippen LogP contribution >= 0.6 is 22.7 Å². The van der Waals surface area contributed by atoms with Crippen molar-refractivity contribution in [3.05, 3.63) is 34.0 Å². The maximum atomic E-state index is 9.34. The van der Waals surface area contributed by atoms with E-state index in [1.54, 1.807) is 12.1 Å². The Bertz CT molecular complexity index is 426. The SMILES string of the molecule is CC(C)(c1ccc(O)s1)c1ccc(O)s1. The summed E-state index contributed by atoms with van der Waals surface area (Å²) < 4.78 is 0. The second-order valence-corrected chi connectivity index (χ2v) is 6.03. The van der Waals surface area contributed by atoms with Gasteiger partial charge in [0, 0.05) is 15.2 Å². The normalized spacial score (nSPS) is 11.9. The molecule has 0 spiro atoms. The van der Waals surface area contributed by atoms with Crippen LogP contribution < -0.4 is 0 Å². The van der Waals surface area contributed by atoms with Crippen LogP contribution in [0.4, 0.5) is 0 Å². The van der Waals surface area contributed by atoms with E-state index in [1.807, 2.05) is 12.1 Å². The minimum Gasteiger partial charge on any atom is -0.499 e. The zero-order valence-electron chi connectivity index (χ0n) is 8.52. The van der Waals surface area contributed by atoms with Crippen LogP contribution in [0.2, 0.25) is 0 Å². The summed E-state index contributed by atoms with van der Waals surface area (Å²) in [5.41, 5.74) is -0.155. The highest BCUT2D eigenvalue weighted by atomic mass is 32.1. The fourth-order valence-corrected chi connectivity index (χ4v) is 3.24. The van der Waals surface area contributed by atoms with Crippen LogP contribution in [0.5, 0.6) is 10.1 Å². The van der Waals surface area contributed by atoms with Crippen molar-refractivity contribution >= 4 is 22.7 Å². The summed E-state index contributed by atoms with van der Waals surface area (Å²) in [5.74, 6) is 0. The second kappa shape index (κ2) is 3.54. The summed E-state index contributed by atoms with van der Waals surface area (Å²) in [6, 6.07) is 7.26. The number of aromatic hydroxyl groups is 2. The van der Waals surface area contributed by atoms with Crippen LogP contribution in [0.25, 0.3) is 0 Å². The van der Waals surface area contributed by atoms with Crippen LogP contribution in [0.3, 0.4) is 0 Å². The van der Waals surface area contributed by atoms with Gasteiger partial charge < -0.3 is 10.2 Å². The molecule has 0 bridgehead atoms. The fraction of sp³-hybridized carbons (Fsp3) is 0.273.